The molecule has 0 aliphatic carbocycles. The predicted octanol–water partition coefficient (Wildman–Crippen LogP) is 2.72. The van der Waals surface area contributed by atoms with Crippen LogP contribution in [0.3, 0.4) is 0 Å². The molecule has 2 amide bonds. The molecule has 3 aromatic rings. The van der Waals surface area contributed by atoms with Crippen LogP contribution in [0.2, 0.25) is 0 Å². The van der Waals surface area contributed by atoms with Crippen LogP contribution < -0.4 is 5.32 Å². The number of rotatable bonds is 6. The minimum absolute atomic E-state index is 0.139. The first-order valence-electron chi connectivity index (χ1n) is 10.9. The van der Waals surface area contributed by atoms with E-state index in [1.807, 2.05) is 38.1 Å². The van der Waals surface area contributed by atoms with Crippen molar-refractivity contribution >= 4 is 32.6 Å². The highest BCUT2D eigenvalue weighted by atomic mass is 32.2. The van der Waals surface area contributed by atoms with E-state index in [2.05, 4.69) is 5.32 Å². The molecule has 1 fully saturated rings. The molecule has 0 saturated carbocycles. The lowest BCUT2D eigenvalue weighted by Gasteiger charge is -2.36. The molecule has 4 rings (SSSR count). The van der Waals surface area contributed by atoms with E-state index in [9.17, 15) is 18.0 Å². The lowest BCUT2D eigenvalue weighted by Crippen LogP contribution is -2.57. The SMILES string of the molecule is CC(C)[C@H](NC(=O)c1ccco1)C(=O)N1CCN(S(=O)(=O)c2ccc3ccccc3c2)CC1. The summed E-state index contributed by atoms with van der Waals surface area (Å²) in [6, 6.07) is 15.1. The van der Waals surface area contributed by atoms with Crippen molar-refractivity contribution in [1.29, 1.82) is 0 Å². The summed E-state index contributed by atoms with van der Waals surface area (Å²) in [5.74, 6) is -0.687. The number of hydrogen-bond donors (Lipinski definition) is 1. The van der Waals surface area contributed by atoms with E-state index >= 15 is 0 Å². The van der Waals surface area contributed by atoms with Crippen molar-refractivity contribution in [2.75, 3.05) is 26.2 Å². The zero-order valence-electron chi connectivity index (χ0n) is 18.6. The van der Waals surface area contributed by atoms with Crippen LogP contribution >= 0.6 is 0 Å². The van der Waals surface area contributed by atoms with Crippen molar-refractivity contribution in [3.05, 3.63) is 66.6 Å². The van der Waals surface area contributed by atoms with Crippen LogP contribution in [-0.4, -0.2) is 61.7 Å². The molecule has 8 nitrogen and oxygen atoms in total. The van der Waals surface area contributed by atoms with Crippen LogP contribution in [0.25, 0.3) is 10.8 Å². The number of fused-ring (bicyclic) bond motifs is 1. The molecule has 174 valence electrons. The molecular formula is C24H27N3O5S. The van der Waals surface area contributed by atoms with Gasteiger partial charge in [-0.2, -0.15) is 4.31 Å². The Kier molecular flexibility index (Phi) is 6.53. The Hall–Kier alpha value is -3.17. The fourth-order valence-corrected chi connectivity index (χ4v) is 5.41. The van der Waals surface area contributed by atoms with Gasteiger partial charge in [-0.1, -0.05) is 44.2 Å². The third-order valence-electron chi connectivity index (χ3n) is 5.87. The van der Waals surface area contributed by atoms with E-state index in [0.717, 1.165) is 10.8 Å². The molecule has 0 unspecified atom stereocenters. The second-order valence-electron chi connectivity index (χ2n) is 8.41. The summed E-state index contributed by atoms with van der Waals surface area (Å²) in [5.41, 5.74) is 0. The summed E-state index contributed by atoms with van der Waals surface area (Å²) >= 11 is 0. The van der Waals surface area contributed by atoms with Crippen molar-refractivity contribution in [2.24, 2.45) is 5.92 Å². The first kappa shape index (κ1) is 23.0. The zero-order chi connectivity index (χ0) is 23.6. The summed E-state index contributed by atoms with van der Waals surface area (Å²) in [4.78, 5) is 27.4. The van der Waals surface area contributed by atoms with Gasteiger partial charge in [-0.3, -0.25) is 9.59 Å². The first-order valence-corrected chi connectivity index (χ1v) is 12.3. The van der Waals surface area contributed by atoms with Crippen LogP contribution in [0.5, 0.6) is 0 Å². The fourth-order valence-electron chi connectivity index (χ4n) is 3.96. The minimum Gasteiger partial charge on any atom is -0.459 e. The highest BCUT2D eigenvalue weighted by molar-refractivity contribution is 7.89. The molecule has 0 spiro atoms. The number of nitrogens with one attached hydrogen (secondary N) is 1. The summed E-state index contributed by atoms with van der Waals surface area (Å²) in [7, 11) is -3.67. The lowest BCUT2D eigenvalue weighted by atomic mass is 10.0. The molecular weight excluding hydrogens is 442 g/mol. The third kappa shape index (κ3) is 4.79. The highest BCUT2D eigenvalue weighted by Gasteiger charge is 2.34. The number of piperazine rings is 1. The maximum absolute atomic E-state index is 13.2. The summed E-state index contributed by atoms with van der Waals surface area (Å²) in [6.07, 6.45) is 1.40. The van der Waals surface area contributed by atoms with E-state index < -0.39 is 22.0 Å². The van der Waals surface area contributed by atoms with Gasteiger partial charge in [0.05, 0.1) is 11.2 Å². The monoisotopic (exact) mass is 469 g/mol. The number of amides is 2. The van der Waals surface area contributed by atoms with Gasteiger partial charge in [0.2, 0.25) is 15.9 Å². The molecule has 1 aromatic heterocycles. The van der Waals surface area contributed by atoms with E-state index in [0.29, 0.717) is 0 Å². The molecule has 2 heterocycles. The molecule has 2 aromatic carbocycles. The smallest absolute Gasteiger partial charge is 0.287 e. The average molecular weight is 470 g/mol. The molecule has 1 aliphatic rings. The van der Waals surface area contributed by atoms with E-state index in [1.54, 1.807) is 29.2 Å². The van der Waals surface area contributed by atoms with Gasteiger partial charge in [-0.25, -0.2) is 8.42 Å². The number of hydrogen-bond acceptors (Lipinski definition) is 5. The van der Waals surface area contributed by atoms with Crippen LogP contribution in [-0.2, 0) is 14.8 Å². The Morgan fingerprint density at radius 1 is 0.939 bits per heavy atom. The number of carbonyl (C=O) groups is 2. The van der Waals surface area contributed by atoms with Crippen LogP contribution in [0.15, 0.2) is 70.2 Å². The van der Waals surface area contributed by atoms with Gasteiger partial charge in [-0.15, -0.1) is 0 Å². The second-order valence-corrected chi connectivity index (χ2v) is 10.3. The number of carbonyl (C=O) groups excluding carboxylic acids is 2. The average Bonchev–Trinajstić information content (AvgIpc) is 3.37. The number of furan rings is 1. The van der Waals surface area contributed by atoms with Crippen molar-refractivity contribution < 1.29 is 22.4 Å². The minimum atomic E-state index is -3.67. The van der Waals surface area contributed by atoms with E-state index in [4.69, 9.17) is 4.42 Å². The number of benzene rings is 2. The molecule has 0 bridgehead atoms. The molecule has 1 aliphatic heterocycles. The second kappa shape index (κ2) is 9.36. The third-order valence-corrected chi connectivity index (χ3v) is 7.77. The van der Waals surface area contributed by atoms with Gasteiger partial charge >= 0.3 is 0 Å². The molecule has 1 saturated heterocycles. The standard InChI is InChI=1S/C24H27N3O5S/c1-17(2)22(25-23(28)21-8-5-15-32-21)24(29)26-11-13-27(14-12-26)33(30,31)20-10-9-18-6-3-4-7-19(18)16-20/h3-10,15-17,22H,11-14H2,1-2H3,(H,25,28)/t22-/m0/s1. The summed E-state index contributed by atoms with van der Waals surface area (Å²) < 4.78 is 32.9. The Morgan fingerprint density at radius 2 is 1.64 bits per heavy atom. The number of nitrogens with zero attached hydrogens (tertiary/aromatic N) is 2. The van der Waals surface area contributed by atoms with E-state index in [1.165, 1.54) is 16.6 Å². The predicted molar refractivity (Wildman–Crippen MR) is 124 cm³/mol. The Labute approximate surface area is 193 Å². The Morgan fingerprint density at radius 3 is 2.27 bits per heavy atom. The van der Waals surface area contributed by atoms with Crippen molar-refractivity contribution in [1.82, 2.24) is 14.5 Å². The van der Waals surface area contributed by atoms with Crippen LogP contribution in [0.4, 0.5) is 0 Å². The zero-order valence-corrected chi connectivity index (χ0v) is 19.4. The van der Waals surface area contributed by atoms with E-state index in [-0.39, 0.29) is 48.7 Å². The molecule has 1 atom stereocenters. The largest absolute Gasteiger partial charge is 0.459 e. The van der Waals surface area contributed by atoms with Gasteiger partial charge in [0, 0.05) is 26.2 Å². The quantitative estimate of drug-likeness (QED) is 0.598. The Bertz CT molecular complexity index is 1250. The summed E-state index contributed by atoms with van der Waals surface area (Å²) in [6.45, 7) is 4.60. The normalized spacial score (nSPS) is 16.2. The highest BCUT2D eigenvalue weighted by Crippen LogP contribution is 2.23. The molecule has 1 N–H and O–H groups in total. The Balaban J connectivity index is 1.43. The molecule has 33 heavy (non-hydrogen) atoms. The lowest BCUT2D eigenvalue weighted by molar-refractivity contribution is -0.135. The first-order chi connectivity index (χ1) is 15.8. The topological polar surface area (TPSA) is 99.9 Å². The van der Waals surface area contributed by atoms with Gasteiger partial charge in [0.25, 0.3) is 5.91 Å². The van der Waals surface area contributed by atoms with Gasteiger partial charge < -0.3 is 14.6 Å². The number of sulfonamides is 1. The van der Waals surface area contributed by atoms with Crippen molar-refractivity contribution in [3.8, 4) is 0 Å². The molecule has 9 heteroatoms. The summed E-state index contributed by atoms with van der Waals surface area (Å²) in [5, 5.41) is 4.58. The maximum atomic E-state index is 13.2. The van der Waals surface area contributed by atoms with Crippen LogP contribution in [0.1, 0.15) is 24.4 Å². The van der Waals surface area contributed by atoms with Gasteiger partial charge in [0.1, 0.15) is 6.04 Å². The van der Waals surface area contributed by atoms with Gasteiger partial charge in [-0.05, 0) is 41.0 Å². The fraction of sp³-hybridized carbons (Fsp3) is 0.333. The van der Waals surface area contributed by atoms with Crippen molar-refractivity contribution in [3.63, 3.8) is 0 Å². The maximum Gasteiger partial charge on any atom is 0.287 e. The van der Waals surface area contributed by atoms with Gasteiger partial charge in [0.15, 0.2) is 5.76 Å². The van der Waals surface area contributed by atoms with Crippen molar-refractivity contribution in [2.45, 2.75) is 24.8 Å². The van der Waals surface area contributed by atoms with Crippen LogP contribution in [0, 0.1) is 5.92 Å². The molecule has 0 radical (unpaired) electrons.